The van der Waals surface area contributed by atoms with E-state index < -0.39 is 0 Å². The summed E-state index contributed by atoms with van der Waals surface area (Å²) in [6.45, 7) is 4.59. The van der Waals surface area contributed by atoms with E-state index >= 15 is 0 Å². The maximum absolute atomic E-state index is 9.63. The van der Waals surface area contributed by atoms with Crippen LogP contribution in [0.15, 0.2) is 29.3 Å². The number of nitrogens with one attached hydrogen (secondary N) is 2. The lowest BCUT2D eigenvalue weighted by molar-refractivity contribution is 0.120. The van der Waals surface area contributed by atoms with E-state index in [0.717, 1.165) is 49.5 Å². The van der Waals surface area contributed by atoms with Crippen LogP contribution >= 0.6 is 24.0 Å². The molecule has 2 rings (SSSR count). The molecule has 0 amide bonds. The molecule has 0 radical (unpaired) electrons. The molecule has 1 fully saturated rings. The summed E-state index contributed by atoms with van der Waals surface area (Å²) in [4.78, 5) is 4.69. The van der Waals surface area contributed by atoms with Gasteiger partial charge in [-0.2, -0.15) is 0 Å². The molecule has 0 aromatic heterocycles. The first-order chi connectivity index (χ1) is 12.2. The van der Waals surface area contributed by atoms with Gasteiger partial charge >= 0.3 is 0 Å². The summed E-state index contributed by atoms with van der Waals surface area (Å²) < 4.78 is 10.6. The first-order valence-corrected chi connectivity index (χ1v) is 9.15. The number of nitrogens with zero attached hydrogens (tertiary/aromatic N) is 1. The zero-order valence-corrected chi connectivity index (χ0v) is 18.1. The second kappa shape index (κ2) is 13.2. The van der Waals surface area contributed by atoms with E-state index in [9.17, 15) is 5.11 Å². The highest BCUT2D eigenvalue weighted by Gasteiger charge is 2.19. The number of hydrogen-bond donors (Lipinski definition) is 3. The van der Waals surface area contributed by atoms with Crippen molar-refractivity contribution in [3.8, 4) is 5.75 Å². The molecule has 0 unspecified atom stereocenters. The summed E-state index contributed by atoms with van der Waals surface area (Å²) in [5.74, 6) is 1.67. The minimum atomic E-state index is -0.140. The van der Waals surface area contributed by atoms with Gasteiger partial charge in [0.05, 0.1) is 19.3 Å². The van der Waals surface area contributed by atoms with Crippen LogP contribution in [0.1, 0.15) is 38.2 Å². The van der Waals surface area contributed by atoms with Gasteiger partial charge in [0.25, 0.3) is 0 Å². The van der Waals surface area contributed by atoms with E-state index in [1.54, 1.807) is 7.11 Å². The Morgan fingerprint density at radius 3 is 2.69 bits per heavy atom. The Morgan fingerprint density at radius 2 is 2.00 bits per heavy atom. The number of aliphatic hydroxyl groups excluding tert-OH is 1. The molecule has 0 bridgehead atoms. The predicted octanol–water partition coefficient (Wildman–Crippen LogP) is 2.69. The molecule has 148 valence electrons. The molecule has 1 aromatic carbocycles. The number of aliphatic hydroxyl groups is 1. The number of guanidine groups is 1. The predicted molar refractivity (Wildman–Crippen MR) is 115 cm³/mol. The highest BCUT2D eigenvalue weighted by Crippen LogP contribution is 2.18. The van der Waals surface area contributed by atoms with Crippen LogP contribution in [0.5, 0.6) is 5.75 Å². The van der Waals surface area contributed by atoms with Crippen LogP contribution in [0.3, 0.4) is 0 Å². The fraction of sp³-hybridized carbons (Fsp3) is 0.632. The molecule has 0 heterocycles. The van der Waals surface area contributed by atoms with Crippen LogP contribution in [0.2, 0.25) is 0 Å². The maximum atomic E-state index is 9.63. The second-order valence-electron chi connectivity index (χ2n) is 6.33. The molecule has 0 aliphatic heterocycles. The highest BCUT2D eigenvalue weighted by molar-refractivity contribution is 14.0. The zero-order valence-electron chi connectivity index (χ0n) is 15.7. The minimum Gasteiger partial charge on any atom is -0.491 e. The fourth-order valence-electron chi connectivity index (χ4n) is 2.88. The molecule has 1 saturated carbocycles. The third kappa shape index (κ3) is 8.55. The van der Waals surface area contributed by atoms with Gasteiger partial charge in [-0.3, -0.25) is 0 Å². The van der Waals surface area contributed by atoms with Gasteiger partial charge in [0.2, 0.25) is 0 Å². The van der Waals surface area contributed by atoms with Crippen LogP contribution in [-0.2, 0) is 11.3 Å². The van der Waals surface area contributed by atoms with Crippen molar-refractivity contribution in [2.75, 3.05) is 26.9 Å². The van der Waals surface area contributed by atoms with Crippen LogP contribution in [0, 0.1) is 0 Å². The maximum Gasteiger partial charge on any atom is 0.191 e. The molecule has 26 heavy (non-hydrogen) atoms. The number of halogens is 1. The lowest BCUT2D eigenvalue weighted by Gasteiger charge is -2.27. The Hall–Kier alpha value is -1.06. The summed E-state index contributed by atoms with van der Waals surface area (Å²) in [6.07, 6.45) is 3.54. The SMILES string of the molecule is CCNC(=NCc1cccc(OCCOC)c1)NC1CCC(O)CC1.I. The quantitative estimate of drug-likeness (QED) is 0.233. The van der Waals surface area contributed by atoms with Crippen molar-refractivity contribution >= 4 is 29.9 Å². The fourth-order valence-corrected chi connectivity index (χ4v) is 2.88. The van der Waals surface area contributed by atoms with Crippen LogP contribution in [-0.4, -0.2) is 50.1 Å². The van der Waals surface area contributed by atoms with Crippen molar-refractivity contribution in [2.45, 2.75) is 51.3 Å². The second-order valence-corrected chi connectivity index (χ2v) is 6.33. The van der Waals surface area contributed by atoms with Gasteiger partial charge in [-0.15, -0.1) is 24.0 Å². The van der Waals surface area contributed by atoms with Crippen LogP contribution in [0.25, 0.3) is 0 Å². The summed E-state index contributed by atoms with van der Waals surface area (Å²) in [6, 6.07) is 8.37. The Bertz CT molecular complexity index is 535. The van der Waals surface area contributed by atoms with Gasteiger partial charge < -0.3 is 25.2 Å². The third-order valence-corrected chi connectivity index (χ3v) is 4.26. The number of aliphatic imine (C=N–C) groups is 1. The van der Waals surface area contributed by atoms with Crippen molar-refractivity contribution in [3.05, 3.63) is 29.8 Å². The molecule has 3 N–H and O–H groups in total. The lowest BCUT2D eigenvalue weighted by Crippen LogP contribution is -2.45. The molecule has 1 aliphatic carbocycles. The normalized spacial score (nSPS) is 20.2. The summed E-state index contributed by atoms with van der Waals surface area (Å²) in [5, 5.41) is 16.4. The van der Waals surface area contributed by atoms with Crippen molar-refractivity contribution in [3.63, 3.8) is 0 Å². The first-order valence-electron chi connectivity index (χ1n) is 9.15. The van der Waals surface area contributed by atoms with E-state index in [0.29, 0.717) is 25.8 Å². The molecule has 7 heteroatoms. The zero-order chi connectivity index (χ0) is 17.9. The van der Waals surface area contributed by atoms with Crippen molar-refractivity contribution in [1.82, 2.24) is 10.6 Å². The van der Waals surface area contributed by atoms with E-state index in [1.165, 1.54) is 0 Å². The minimum absolute atomic E-state index is 0. The Kier molecular flexibility index (Phi) is 11.6. The summed E-state index contributed by atoms with van der Waals surface area (Å²) in [5.41, 5.74) is 1.10. The summed E-state index contributed by atoms with van der Waals surface area (Å²) >= 11 is 0. The van der Waals surface area contributed by atoms with Gasteiger partial charge in [-0.25, -0.2) is 4.99 Å². The topological polar surface area (TPSA) is 75.1 Å². The molecule has 1 aliphatic rings. The average molecular weight is 477 g/mol. The van der Waals surface area contributed by atoms with E-state index in [1.807, 2.05) is 24.3 Å². The lowest BCUT2D eigenvalue weighted by atomic mass is 9.93. The largest absolute Gasteiger partial charge is 0.491 e. The molecule has 1 aromatic rings. The molecule has 0 saturated heterocycles. The number of methoxy groups -OCH3 is 1. The average Bonchev–Trinajstić information content (AvgIpc) is 2.62. The Labute approximate surface area is 173 Å². The van der Waals surface area contributed by atoms with Crippen molar-refractivity contribution in [2.24, 2.45) is 4.99 Å². The van der Waals surface area contributed by atoms with Gasteiger partial charge in [0.15, 0.2) is 5.96 Å². The first kappa shape index (κ1) is 23.0. The van der Waals surface area contributed by atoms with Crippen LogP contribution < -0.4 is 15.4 Å². The van der Waals surface area contributed by atoms with E-state index in [4.69, 9.17) is 9.47 Å². The van der Waals surface area contributed by atoms with Gasteiger partial charge in [-0.1, -0.05) is 12.1 Å². The third-order valence-electron chi connectivity index (χ3n) is 4.26. The Balaban J connectivity index is 0.00000338. The van der Waals surface area contributed by atoms with Crippen molar-refractivity contribution in [1.29, 1.82) is 0 Å². The molecular weight excluding hydrogens is 445 g/mol. The smallest absolute Gasteiger partial charge is 0.191 e. The summed E-state index contributed by atoms with van der Waals surface area (Å²) in [7, 11) is 1.66. The number of rotatable bonds is 8. The van der Waals surface area contributed by atoms with Crippen molar-refractivity contribution < 1.29 is 14.6 Å². The monoisotopic (exact) mass is 477 g/mol. The van der Waals surface area contributed by atoms with E-state index in [2.05, 4.69) is 22.5 Å². The highest BCUT2D eigenvalue weighted by atomic mass is 127. The van der Waals surface area contributed by atoms with E-state index in [-0.39, 0.29) is 30.1 Å². The standard InChI is InChI=1S/C19H31N3O3.HI/c1-3-20-19(22-16-7-9-17(23)10-8-16)21-14-15-5-4-6-18(13-15)25-12-11-24-2;/h4-6,13,16-17,23H,3,7-12,14H2,1-2H3,(H2,20,21,22);1H. The number of hydrogen-bond acceptors (Lipinski definition) is 4. The Morgan fingerprint density at radius 1 is 1.23 bits per heavy atom. The molecule has 0 spiro atoms. The number of ether oxygens (including phenoxy) is 2. The molecule has 6 nitrogen and oxygen atoms in total. The van der Waals surface area contributed by atoms with Gasteiger partial charge in [-0.05, 0) is 50.3 Å². The van der Waals surface area contributed by atoms with Gasteiger partial charge in [0, 0.05) is 19.7 Å². The van der Waals surface area contributed by atoms with Gasteiger partial charge in [0.1, 0.15) is 12.4 Å². The molecular formula is C19H32IN3O3. The van der Waals surface area contributed by atoms with Crippen LogP contribution in [0.4, 0.5) is 0 Å². The number of benzene rings is 1. The molecule has 0 atom stereocenters.